The topological polar surface area (TPSA) is 46.2 Å². The van der Waals surface area contributed by atoms with Crippen LogP contribution in [0.1, 0.15) is 31.2 Å². The molecule has 1 aliphatic carbocycles. The first-order valence-corrected chi connectivity index (χ1v) is 9.42. The van der Waals surface area contributed by atoms with Crippen LogP contribution in [0.3, 0.4) is 0 Å². The number of sulfonamides is 1. The predicted molar refractivity (Wildman–Crippen MR) is 79.4 cm³/mol. The third kappa shape index (κ3) is 3.28. The standard InChI is InChI=1S/C11H15BrClNO2S2/c1-7-6-10(17-11(7)13)18(15,16)14-9-5-3-2-4-8(9)12/h6,8-9,14H,2-5H2,1H3. The van der Waals surface area contributed by atoms with Crippen LogP contribution in [0, 0.1) is 6.92 Å². The number of hydrogen-bond acceptors (Lipinski definition) is 3. The van der Waals surface area contributed by atoms with Crippen LogP contribution in [0.4, 0.5) is 0 Å². The second-order valence-corrected chi connectivity index (χ2v) is 9.32. The zero-order chi connectivity index (χ0) is 13.3. The van der Waals surface area contributed by atoms with Crippen LogP contribution in [0.15, 0.2) is 10.3 Å². The van der Waals surface area contributed by atoms with E-state index in [1.807, 2.05) is 6.92 Å². The number of hydrogen-bond donors (Lipinski definition) is 1. The number of rotatable bonds is 3. The van der Waals surface area contributed by atoms with E-state index in [-0.39, 0.29) is 10.9 Å². The van der Waals surface area contributed by atoms with E-state index in [1.165, 1.54) is 0 Å². The fraction of sp³-hybridized carbons (Fsp3) is 0.636. The van der Waals surface area contributed by atoms with E-state index in [2.05, 4.69) is 20.7 Å². The SMILES string of the molecule is Cc1cc(S(=O)(=O)NC2CCCCC2Br)sc1Cl. The van der Waals surface area contributed by atoms with Gasteiger partial charge in [0.25, 0.3) is 0 Å². The van der Waals surface area contributed by atoms with Crippen molar-refractivity contribution in [1.29, 1.82) is 0 Å². The molecule has 1 aromatic heterocycles. The van der Waals surface area contributed by atoms with Gasteiger partial charge in [-0.1, -0.05) is 40.4 Å². The average molecular weight is 373 g/mol. The van der Waals surface area contributed by atoms with E-state index < -0.39 is 10.0 Å². The Hall–Kier alpha value is 0.380. The summed E-state index contributed by atoms with van der Waals surface area (Å²) < 4.78 is 28.1. The van der Waals surface area contributed by atoms with Crippen molar-refractivity contribution in [3.63, 3.8) is 0 Å². The molecule has 7 heteroatoms. The van der Waals surface area contributed by atoms with Crippen LogP contribution in [-0.4, -0.2) is 19.3 Å². The first-order chi connectivity index (χ1) is 8.40. The van der Waals surface area contributed by atoms with Crippen LogP contribution < -0.4 is 4.72 Å². The Labute approximate surface area is 125 Å². The lowest BCUT2D eigenvalue weighted by Crippen LogP contribution is -2.42. The van der Waals surface area contributed by atoms with Crippen LogP contribution in [0.2, 0.25) is 4.34 Å². The molecule has 102 valence electrons. The smallest absolute Gasteiger partial charge is 0.206 e. The number of halogens is 2. The number of aryl methyl sites for hydroxylation is 1. The third-order valence-corrected chi connectivity index (χ3v) is 7.70. The van der Waals surface area contributed by atoms with Gasteiger partial charge >= 0.3 is 0 Å². The van der Waals surface area contributed by atoms with Crippen molar-refractivity contribution in [2.24, 2.45) is 0 Å². The molecule has 0 saturated heterocycles. The molecule has 0 spiro atoms. The van der Waals surface area contributed by atoms with E-state index in [4.69, 9.17) is 11.6 Å². The van der Waals surface area contributed by atoms with Gasteiger partial charge in [-0.25, -0.2) is 13.1 Å². The molecule has 18 heavy (non-hydrogen) atoms. The molecule has 0 aliphatic heterocycles. The molecule has 0 amide bonds. The fourth-order valence-electron chi connectivity index (χ4n) is 2.04. The molecule has 1 fully saturated rings. The summed E-state index contributed by atoms with van der Waals surface area (Å²) in [6, 6.07) is 1.60. The average Bonchev–Trinajstić information content (AvgIpc) is 2.63. The minimum atomic E-state index is -3.44. The number of thiophene rings is 1. The Kier molecular flexibility index (Phi) is 4.75. The van der Waals surface area contributed by atoms with E-state index in [0.29, 0.717) is 8.55 Å². The van der Waals surface area contributed by atoms with Crippen LogP contribution in [0.5, 0.6) is 0 Å². The highest BCUT2D eigenvalue weighted by Crippen LogP contribution is 2.31. The molecule has 3 nitrogen and oxygen atoms in total. The molecule has 1 aromatic rings. The first-order valence-electron chi connectivity index (χ1n) is 5.82. The van der Waals surface area contributed by atoms with Gasteiger partial charge in [0.1, 0.15) is 4.21 Å². The van der Waals surface area contributed by atoms with E-state index in [1.54, 1.807) is 6.07 Å². The van der Waals surface area contributed by atoms with Crippen molar-refractivity contribution in [3.8, 4) is 0 Å². The van der Waals surface area contributed by atoms with Crippen LogP contribution >= 0.6 is 38.9 Å². The van der Waals surface area contributed by atoms with Crippen molar-refractivity contribution in [3.05, 3.63) is 16.0 Å². The summed E-state index contributed by atoms with van der Waals surface area (Å²) in [6.45, 7) is 1.81. The summed E-state index contributed by atoms with van der Waals surface area (Å²) in [5.74, 6) is 0. The van der Waals surface area contributed by atoms with Gasteiger partial charge in [0, 0.05) is 10.9 Å². The summed E-state index contributed by atoms with van der Waals surface area (Å²) in [4.78, 5) is 0.220. The lowest BCUT2D eigenvalue weighted by atomic mass is 9.96. The quantitative estimate of drug-likeness (QED) is 0.822. The van der Waals surface area contributed by atoms with Gasteiger partial charge in [-0.3, -0.25) is 0 Å². The monoisotopic (exact) mass is 371 g/mol. The minimum Gasteiger partial charge on any atom is -0.206 e. The van der Waals surface area contributed by atoms with Gasteiger partial charge < -0.3 is 0 Å². The summed E-state index contributed by atoms with van der Waals surface area (Å²) in [7, 11) is -3.44. The fourth-order valence-corrected chi connectivity index (χ4v) is 5.97. The van der Waals surface area contributed by atoms with Crippen molar-refractivity contribution in [2.45, 2.75) is 47.7 Å². The molecule has 0 aromatic carbocycles. The summed E-state index contributed by atoms with van der Waals surface area (Å²) >= 11 is 10.6. The second-order valence-electron chi connectivity index (χ2n) is 4.55. The van der Waals surface area contributed by atoms with E-state index in [9.17, 15) is 8.42 Å². The van der Waals surface area contributed by atoms with E-state index in [0.717, 1.165) is 42.6 Å². The molecule has 0 bridgehead atoms. The molecular formula is C11H15BrClNO2S2. The molecule has 2 rings (SSSR count). The Morgan fingerprint density at radius 2 is 2.11 bits per heavy atom. The first kappa shape index (κ1) is 14.8. The maximum absolute atomic E-state index is 12.2. The largest absolute Gasteiger partial charge is 0.250 e. The van der Waals surface area contributed by atoms with Gasteiger partial charge in [0.2, 0.25) is 10.0 Å². The van der Waals surface area contributed by atoms with Crippen LogP contribution in [0.25, 0.3) is 0 Å². The summed E-state index contributed by atoms with van der Waals surface area (Å²) in [5, 5.41) is 0. The highest BCUT2D eigenvalue weighted by atomic mass is 79.9. The zero-order valence-electron chi connectivity index (χ0n) is 9.95. The van der Waals surface area contributed by atoms with Crippen molar-refractivity contribution in [2.75, 3.05) is 0 Å². The molecular weight excluding hydrogens is 358 g/mol. The maximum atomic E-state index is 12.2. The zero-order valence-corrected chi connectivity index (χ0v) is 13.9. The lowest BCUT2D eigenvalue weighted by molar-refractivity contribution is 0.427. The predicted octanol–water partition coefficient (Wildman–Crippen LogP) is 3.69. The molecule has 2 atom stereocenters. The summed E-state index contributed by atoms with van der Waals surface area (Å²) in [5.41, 5.74) is 0.807. The van der Waals surface area contributed by atoms with Crippen molar-refractivity contribution >= 4 is 48.9 Å². The molecule has 1 heterocycles. The lowest BCUT2D eigenvalue weighted by Gasteiger charge is -2.27. The Bertz CT molecular complexity index is 510. The second kappa shape index (κ2) is 5.79. The molecule has 1 N–H and O–H groups in total. The third-order valence-electron chi connectivity index (χ3n) is 3.09. The maximum Gasteiger partial charge on any atom is 0.250 e. The van der Waals surface area contributed by atoms with Crippen LogP contribution in [-0.2, 0) is 10.0 Å². The van der Waals surface area contributed by atoms with E-state index >= 15 is 0 Å². The van der Waals surface area contributed by atoms with Gasteiger partial charge in [0.15, 0.2) is 0 Å². The highest BCUT2D eigenvalue weighted by molar-refractivity contribution is 9.09. The van der Waals surface area contributed by atoms with Crippen molar-refractivity contribution < 1.29 is 8.42 Å². The van der Waals surface area contributed by atoms with Gasteiger partial charge in [-0.05, 0) is 31.4 Å². The van der Waals surface area contributed by atoms with Gasteiger partial charge in [-0.15, -0.1) is 11.3 Å². The van der Waals surface area contributed by atoms with Crippen molar-refractivity contribution in [1.82, 2.24) is 4.72 Å². The Balaban J connectivity index is 2.16. The Morgan fingerprint density at radius 1 is 1.44 bits per heavy atom. The normalized spacial score (nSPS) is 25.3. The highest BCUT2D eigenvalue weighted by Gasteiger charge is 2.28. The molecule has 1 saturated carbocycles. The number of alkyl halides is 1. The Morgan fingerprint density at radius 3 is 2.67 bits per heavy atom. The minimum absolute atomic E-state index is 0.0232. The molecule has 1 aliphatic rings. The van der Waals surface area contributed by atoms with Gasteiger partial charge in [-0.2, -0.15) is 0 Å². The van der Waals surface area contributed by atoms with Gasteiger partial charge in [0.05, 0.1) is 4.34 Å². The summed E-state index contributed by atoms with van der Waals surface area (Å²) in [6.07, 6.45) is 4.11. The number of nitrogens with one attached hydrogen (secondary N) is 1. The molecule has 0 radical (unpaired) electrons. The molecule has 2 unspecified atom stereocenters.